The third-order valence-corrected chi connectivity index (χ3v) is 2.82. The van der Waals surface area contributed by atoms with Crippen LogP contribution in [0.2, 0.25) is 0 Å². The molecular formula is C15H13F3N4. The van der Waals surface area contributed by atoms with Crippen molar-refractivity contribution in [3.8, 4) is 5.69 Å². The van der Waals surface area contributed by atoms with Gasteiger partial charge in [0.2, 0.25) is 0 Å². The summed E-state index contributed by atoms with van der Waals surface area (Å²) in [6.07, 6.45) is 2.65. The number of hydrogen-bond acceptors (Lipinski definition) is 3. The van der Waals surface area contributed by atoms with E-state index in [1.807, 2.05) is 0 Å². The number of allylic oxidation sites excluding steroid dienone is 1. The molecule has 114 valence electrons. The number of aliphatic imine (C=N–C) groups is 1. The largest absolute Gasteiger partial charge is 0.418 e. The van der Waals surface area contributed by atoms with E-state index in [1.54, 1.807) is 0 Å². The first-order chi connectivity index (χ1) is 10.4. The van der Waals surface area contributed by atoms with Gasteiger partial charge in [-0.25, -0.2) is 4.68 Å². The highest BCUT2D eigenvalue weighted by Gasteiger charge is 2.33. The van der Waals surface area contributed by atoms with Crippen molar-refractivity contribution in [2.24, 2.45) is 10.7 Å². The Morgan fingerprint density at radius 1 is 1.32 bits per heavy atom. The molecule has 0 radical (unpaired) electrons. The van der Waals surface area contributed by atoms with Crippen LogP contribution < -0.4 is 5.73 Å². The molecule has 0 bridgehead atoms. The zero-order valence-corrected chi connectivity index (χ0v) is 11.5. The van der Waals surface area contributed by atoms with Gasteiger partial charge in [0.1, 0.15) is 0 Å². The van der Waals surface area contributed by atoms with Crippen molar-refractivity contribution >= 4 is 11.9 Å². The Morgan fingerprint density at radius 3 is 2.73 bits per heavy atom. The number of halogens is 3. The lowest BCUT2D eigenvalue weighted by atomic mass is 10.1. The first-order valence-electron chi connectivity index (χ1n) is 6.25. The molecule has 1 aromatic carbocycles. The van der Waals surface area contributed by atoms with Crippen LogP contribution in [0.15, 0.2) is 60.5 Å². The van der Waals surface area contributed by atoms with Crippen LogP contribution in [0.4, 0.5) is 13.2 Å². The van der Waals surface area contributed by atoms with Crippen LogP contribution >= 0.6 is 0 Å². The predicted molar refractivity (Wildman–Crippen MR) is 79.4 cm³/mol. The van der Waals surface area contributed by atoms with Gasteiger partial charge in [0.25, 0.3) is 0 Å². The summed E-state index contributed by atoms with van der Waals surface area (Å²) in [6, 6.07) is 5.20. The molecule has 1 aromatic heterocycles. The molecule has 0 aliphatic rings. The number of nitrogens with two attached hydrogens (primary N) is 1. The highest BCUT2D eigenvalue weighted by atomic mass is 19.4. The molecule has 7 heteroatoms. The van der Waals surface area contributed by atoms with Gasteiger partial charge in [0, 0.05) is 29.9 Å². The maximum atomic E-state index is 13.0. The number of benzene rings is 1. The van der Waals surface area contributed by atoms with Crippen molar-refractivity contribution in [3.63, 3.8) is 0 Å². The summed E-state index contributed by atoms with van der Waals surface area (Å²) in [7, 11) is 0. The Hall–Kier alpha value is -2.83. The van der Waals surface area contributed by atoms with E-state index in [1.165, 1.54) is 49.1 Å². The van der Waals surface area contributed by atoms with E-state index >= 15 is 0 Å². The molecule has 0 aliphatic carbocycles. The molecule has 2 rings (SSSR count). The molecule has 22 heavy (non-hydrogen) atoms. The molecule has 4 nitrogen and oxygen atoms in total. The molecular weight excluding hydrogens is 293 g/mol. The minimum atomic E-state index is -4.46. The third kappa shape index (κ3) is 3.43. The maximum Gasteiger partial charge on any atom is 0.418 e. The molecule has 0 saturated heterocycles. The lowest BCUT2D eigenvalue weighted by molar-refractivity contribution is -0.137. The van der Waals surface area contributed by atoms with Gasteiger partial charge in [-0.3, -0.25) is 4.99 Å². The van der Waals surface area contributed by atoms with Gasteiger partial charge in [-0.1, -0.05) is 18.7 Å². The fourth-order valence-electron chi connectivity index (χ4n) is 1.80. The summed E-state index contributed by atoms with van der Waals surface area (Å²) in [5, 5.41) is 3.94. The van der Waals surface area contributed by atoms with Crippen LogP contribution in [0.25, 0.3) is 11.4 Å². The minimum Gasteiger partial charge on any atom is -0.398 e. The second kappa shape index (κ2) is 6.30. The number of nitrogens with zero attached hydrogens (tertiary/aromatic N) is 3. The number of rotatable bonds is 4. The Balaban J connectivity index is 2.39. The van der Waals surface area contributed by atoms with Crippen molar-refractivity contribution in [2.75, 3.05) is 0 Å². The number of para-hydroxylation sites is 1. The monoisotopic (exact) mass is 306 g/mol. The van der Waals surface area contributed by atoms with Gasteiger partial charge in [-0.2, -0.15) is 18.3 Å². The Labute approximate surface area is 125 Å². The van der Waals surface area contributed by atoms with Crippen LogP contribution in [-0.4, -0.2) is 16.0 Å². The normalized spacial score (nSPS) is 12.8. The van der Waals surface area contributed by atoms with Crippen molar-refractivity contribution in [1.82, 2.24) is 9.78 Å². The van der Waals surface area contributed by atoms with Gasteiger partial charge in [0.05, 0.1) is 17.4 Å². The summed E-state index contributed by atoms with van der Waals surface area (Å²) in [4.78, 5) is 3.76. The summed E-state index contributed by atoms with van der Waals surface area (Å²) >= 11 is 0. The van der Waals surface area contributed by atoms with Gasteiger partial charge in [-0.15, -0.1) is 0 Å². The zero-order valence-electron chi connectivity index (χ0n) is 11.5. The Bertz CT molecular complexity index is 726. The maximum absolute atomic E-state index is 13.0. The minimum absolute atomic E-state index is 0.0613. The van der Waals surface area contributed by atoms with Crippen LogP contribution in [0, 0.1) is 0 Å². The third-order valence-electron chi connectivity index (χ3n) is 2.82. The molecule has 0 fully saturated rings. The second-order valence-electron chi connectivity index (χ2n) is 4.29. The van der Waals surface area contributed by atoms with Crippen molar-refractivity contribution in [2.45, 2.75) is 6.18 Å². The first kappa shape index (κ1) is 15.6. The lowest BCUT2D eigenvalue weighted by Crippen LogP contribution is -2.10. The smallest absolute Gasteiger partial charge is 0.398 e. The highest BCUT2D eigenvalue weighted by Crippen LogP contribution is 2.33. The lowest BCUT2D eigenvalue weighted by Gasteiger charge is -2.12. The standard InChI is InChI=1S/C15H13F3N4/c1-2-20-8-7-13(19)11-9-21-22(10-11)14-6-4-3-5-12(14)15(16,17)18/h2-10H,1,19H2/b13-7-,20-8?. The quantitative estimate of drug-likeness (QED) is 0.880. The van der Waals surface area contributed by atoms with E-state index in [2.05, 4.69) is 16.7 Å². The zero-order chi connectivity index (χ0) is 16.2. The average molecular weight is 306 g/mol. The van der Waals surface area contributed by atoms with E-state index in [-0.39, 0.29) is 5.69 Å². The van der Waals surface area contributed by atoms with E-state index in [0.29, 0.717) is 11.3 Å². The average Bonchev–Trinajstić information content (AvgIpc) is 2.96. The van der Waals surface area contributed by atoms with Crippen molar-refractivity contribution in [3.05, 3.63) is 66.6 Å². The SMILES string of the molecule is C=CN=C/C=C(\N)c1cnn(-c2ccccc2C(F)(F)F)c1. The number of aromatic nitrogens is 2. The first-order valence-corrected chi connectivity index (χ1v) is 6.25. The summed E-state index contributed by atoms with van der Waals surface area (Å²) in [5.41, 5.74) is 5.81. The Morgan fingerprint density at radius 2 is 2.05 bits per heavy atom. The van der Waals surface area contributed by atoms with Crippen LogP contribution in [0.3, 0.4) is 0 Å². The van der Waals surface area contributed by atoms with Crippen molar-refractivity contribution in [1.29, 1.82) is 0 Å². The van der Waals surface area contributed by atoms with E-state index < -0.39 is 11.7 Å². The Kier molecular flexibility index (Phi) is 4.45. The fourth-order valence-corrected chi connectivity index (χ4v) is 1.80. The van der Waals surface area contributed by atoms with Crippen LogP contribution in [0.1, 0.15) is 11.1 Å². The number of alkyl halides is 3. The van der Waals surface area contributed by atoms with Gasteiger partial charge in [-0.05, 0) is 18.2 Å². The molecule has 1 heterocycles. The van der Waals surface area contributed by atoms with E-state index in [4.69, 9.17) is 5.73 Å². The van der Waals surface area contributed by atoms with E-state index in [0.717, 1.165) is 10.7 Å². The molecule has 2 aromatic rings. The molecule has 0 atom stereocenters. The predicted octanol–water partition coefficient (Wildman–Crippen LogP) is 3.41. The summed E-state index contributed by atoms with van der Waals surface area (Å²) < 4.78 is 40.1. The highest BCUT2D eigenvalue weighted by molar-refractivity contribution is 5.83. The van der Waals surface area contributed by atoms with E-state index in [9.17, 15) is 13.2 Å². The van der Waals surface area contributed by atoms with Gasteiger partial charge >= 0.3 is 6.18 Å². The molecule has 0 saturated carbocycles. The molecule has 2 N–H and O–H groups in total. The van der Waals surface area contributed by atoms with Crippen LogP contribution in [0.5, 0.6) is 0 Å². The second-order valence-corrected chi connectivity index (χ2v) is 4.29. The summed E-state index contributed by atoms with van der Waals surface area (Å²) in [5.74, 6) is 0. The summed E-state index contributed by atoms with van der Waals surface area (Å²) in [6.45, 7) is 3.42. The topological polar surface area (TPSA) is 56.2 Å². The molecule has 0 amide bonds. The molecule has 0 spiro atoms. The van der Waals surface area contributed by atoms with Crippen molar-refractivity contribution < 1.29 is 13.2 Å². The fraction of sp³-hybridized carbons (Fsp3) is 0.0667. The number of hydrogen-bond donors (Lipinski definition) is 1. The van der Waals surface area contributed by atoms with Gasteiger partial charge in [0.15, 0.2) is 0 Å². The van der Waals surface area contributed by atoms with Crippen LogP contribution in [-0.2, 0) is 6.18 Å². The van der Waals surface area contributed by atoms with Gasteiger partial charge < -0.3 is 5.73 Å². The molecule has 0 unspecified atom stereocenters. The molecule has 0 aliphatic heterocycles.